The number of urea groups is 1. The normalized spacial score (nSPS) is 14.1. The standard InChI is InChI=1S/C11H11N3O/c12-7-8-2-1-3-10(6-8)14-11(15)13-9-4-5-9/h1-3,6,9H,4-5H2,(H2,13,14,15). The monoisotopic (exact) mass is 201 g/mol. The van der Waals surface area contributed by atoms with Gasteiger partial charge in [0, 0.05) is 11.7 Å². The van der Waals surface area contributed by atoms with Crippen LogP contribution in [0, 0.1) is 11.3 Å². The zero-order valence-corrected chi connectivity index (χ0v) is 8.16. The third-order valence-electron chi connectivity index (χ3n) is 2.16. The second-order valence-corrected chi connectivity index (χ2v) is 3.57. The summed E-state index contributed by atoms with van der Waals surface area (Å²) in [7, 11) is 0. The highest BCUT2D eigenvalue weighted by atomic mass is 16.2. The van der Waals surface area contributed by atoms with Crippen molar-refractivity contribution in [3.05, 3.63) is 29.8 Å². The summed E-state index contributed by atoms with van der Waals surface area (Å²) in [6.45, 7) is 0. The number of benzene rings is 1. The van der Waals surface area contributed by atoms with Crippen LogP contribution in [0.3, 0.4) is 0 Å². The van der Waals surface area contributed by atoms with Crippen molar-refractivity contribution in [2.45, 2.75) is 18.9 Å². The Hall–Kier alpha value is -2.02. The van der Waals surface area contributed by atoms with Gasteiger partial charge in [0.25, 0.3) is 0 Å². The van der Waals surface area contributed by atoms with E-state index in [-0.39, 0.29) is 6.03 Å². The minimum Gasteiger partial charge on any atom is -0.335 e. The zero-order chi connectivity index (χ0) is 10.7. The van der Waals surface area contributed by atoms with Crippen molar-refractivity contribution in [3.8, 4) is 6.07 Å². The zero-order valence-electron chi connectivity index (χ0n) is 8.16. The maximum absolute atomic E-state index is 11.4. The van der Waals surface area contributed by atoms with Crippen LogP contribution in [0.1, 0.15) is 18.4 Å². The molecule has 2 rings (SSSR count). The van der Waals surface area contributed by atoms with E-state index in [1.165, 1.54) is 0 Å². The topological polar surface area (TPSA) is 64.9 Å². The highest BCUT2D eigenvalue weighted by Gasteiger charge is 2.23. The summed E-state index contributed by atoms with van der Waals surface area (Å²) >= 11 is 0. The fourth-order valence-electron chi connectivity index (χ4n) is 1.25. The van der Waals surface area contributed by atoms with Gasteiger partial charge in [0.15, 0.2) is 0 Å². The summed E-state index contributed by atoms with van der Waals surface area (Å²) in [5.41, 5.74) is 1.19. The van der Waals surface area contributed by atoms with Crippen molar-refractivity contribution < 1.29 is 4.79 Å². The van der Waals surface area contributed by atoms with Gasteiger partial charge in [-0.15, -0.1) is 0 Å². The van der Waals surface area contributed by atoms with Crippen LogP contribution in [0.15, 0.2) is 24.3 Å². The molecule has 4 heteroatoms. The molecular weight excluding hydrogens is 190 g/mol. The van der Waals surface area contributed by atoms with Crippen LogP contribution in [0.25, 0.3) is 0 Å². The van der Waals surface area contributed by atoms with Gasteiger partial charge >= 0.3 is 6.03 Å². The van der Waals surface area contributed by atoms with Gasteiger partial charge in [-0.1, -0.05) is 6.07 Å². The van der Waals surface area contributed by atoms with Gasteiger partial charge in [0.05, 0.1) is 11.6 Å². The van der Waals surface area contributed by atoms with Crippen molar-refractivity contribution in [2.24, 2.45) is 0 Å². The van der Waals surface area contributed by atoms with Gasteiger partial charge in [-0.25, -0.2) is 4.79 Å². The Bertz CT molecular complexity index is 418. The van der Waals surface area contributed by atoms with Crippen molar-refractivity contribution in [1.29, 1.82) is 5.26 Å². The van der Waals surface area contributed by atoms with Crippen LogP contribution in [0.4, 0.5) is 10.5 Å². The summed E-state index contributed by atoms with van der Waals surface area (Å²) in [6.07, 6.45) is 2.12. The Morgan fingerprint density at radius 3 is 2.93 bits per heavy atom. The number of carbonyl (C=O) groups is 1. The number of hydrogen-bond acceptors (Lipinski definition) is 2. The quantitative estimate of drug-likeness (QED) is 0.766. The number of nitriles is 1. The lowest BCUT2D eigenvalue weighted by atomic mass is 10.2. The van der Waals surface area contributed by atoms with Gasteiger partial charge in [-0.2, -0.15) is 5.26 Å². The third-order valence-corrected chi connectivity index (χ3v) is 2.16. The van der Waals surface area contributed by atoms with E-state index in [2.05, 4.69) is 10.6 Å². The first-order valence-electron chi connectivity index (χ1n) is 4.85. The first kappa shape index (κ1) is 9.53. The molecule has 76 valence electrons. The van der Waals surface area contributed by atoms with Crippen molar-refractivity contribution in [2.75, 3.05) is 5.32 Å². The molecule has 15 heavy (non-hydrogen) atoms. The number of rotatable bonds is 2. The number of hydrogen-bond donors (Lipinski definition) is 2. The molecule has 1 aliphatic rings. The highest BCUT2D eigenvalue weighted by Crippen LogP contribution is 2.18. The van der Waals surface area contributed by atoms with Gasteiger partial charge in [0.2, 0.25) is 0 Å². The molecule has 0 spiro atoms. The maximum Gasteiger partial charge on any atom is 0.319 e. The van der Waals surface area contributed by atoms with E-state index in [0.717, 1.165) is 12.8 Å². The van der Waals surface area contributed by atoms with Crippen LogP contribution < -0.4 is 10.6 Å². The fourth-order valence-corrected chi connectivity index (χ4v) is 1.25. The molecule has 0 radical (unpaired) electrons. The van der Waals surface area contributed by atoms with Crippen molar-refractivity contribution in [3.63, 3.8) is 0 Å². The average Bonchev–Trinajstić information content (AvgIpc) is 3.02. The van der Waals surface area contributed by atoms with Gasteiger partial charge in [-0.3, -0.25) is 0 Å². The van der Waals surface area contributed by atoms with Crippen LogP contribution >= 0.6 is 0 Å². The lowest BCUT2D eigenvalue weighted by molar-refractivity contribution is 0.251. The summed E-state index contributed by atoms with van der Waals surface area (Å²) in [5.74, 6) is 0. The number of nitrogens with one attached hydrogen (secondary N) is 2. The molecular formula is C11H11N3O. The van der Waals surface area contributed by atoms with E-state index in [1.54, 1.807) is 24.3 Å². The third kappa shape index (κ3) is 2.71. The predicted molar refractivity (Wildman–Crippen MR) is 56.3 cm³/mol. The van der Waals surface area contributed by atoms with E-state index in [0.29, 0.717) is 17.3 Å². The van der Waals surface area contributed by atoms with Gasteiger partial charge in [0.1, 0.15) is 0 Å². The average molecular weight is 201 g/mol. The summed E-state index contributed by atoms with van der Waals surface area (Å²) < 4.78 is 0. The molecule has 0 saturated heterocycles. The lowest BCUT2D eigenvalue weighted by Crippen LogP contribution is -2.30. The smallest absolute Gasteiger partial charge is 0.319 e. The van der Waals surface area contributed by atoms with Crippen molar-refractivity contribution in [1.82, 2.24) is 5.32 Å². The Kier molecular flexibility index (Phi) is 2.55. The molecule has 0 atom stereocenters. The second-order valence-electron chi connectivity index (χ2n) is 3.57. The SMILES string of the molecule is N#Cc1cccc(NC(=O)NC2CC2)c1. The van der Waals surface area contributed by atoms with E-state index < -0.39 is 0 Å². The fraction of sp³-hybridized carbons (Fsp3) is 0.273. The number of anilines is 1. The molecule has 0 heterocycles. The maximum atomic E-state index is 11.4. The van der Waals surface area contributed by atoms with Crippen LogP contribution in [0.2, 0.25) is 0 Å². The van der Waals surface area contributed by atoms with Crippen LogP contribution in [-0.4, -0.2) is 12.1 Å². The number of carbonyl (C=O) groups excluding carboxylic acids is 1. The van der Waals surface area contributed by atoms with Crippen LogP contribution in [-0.2, 0) is 0 Å². The summed E-state index contributed by atoms with van der Waals surface area (Å²) in [6, 6.07) is 9.00. The van der Waals surface area contributed by atoms with E-state index in [4.69, 9.17) is 5.26 Å². The molecule has 0 aromatic heterocycles. The summed E-state index contributed by atoms with van der Waals surface area (Å²) in [4.78, 5) is 11.4. The Balaban J connectivity index is 1.97. The lowest BCUT2D eigenvalue weighted by Gasteiger charge is -2.06. The van der Waals surface area contributed by atoms with E-state index in [1.807, 2.05) is 6.07 Å². The minimum atomic E-state index is -0.201. The predicted octanol–water partition coefficient (Wildman–Crippen LogP) is 1.84. The molecule has 2 amide bonds. The minimum absolute atomic E-state index is 0.201. The van der Waals surface area contributed by atoms with E-state index in [9.17, 15) is 4.79 Å². The number of nitrogens with zero attached hydrogens (tertiary/aromatic N) is 1. The van der Waals surface area contributed by atoms with E-state index >= 15 is 0 Å². The van der Waals surface area contributed by atoms with Gasteiger partial charge in [-0.05, 0) is 31.0 Å². The molecule has 0 aliphatic heterocycles. The first-order chi connectivity index (χ1) is 7.28. The Labute approximate surface area is 87.9 Å². The molecule has 1 fully saturated rings. The second kappa shape index (κ2) is 4.01. The molecule has 4 nitrogen and oxygen atoms in total. The number of amides is 2. The molecule has 2 N–H and O–H groups in total. The highest BCUT2D eigenvalue weighted by molar-refractivity contribution is 5.89. The van der Waals surface area contributed by atoms with Crippen molar-refractivity contribution >= 4 is 11.7 Å². The molecule has 0 bridgehead atoms. The molecule has 1 aromatic carbocycles. The van der Waals surface area contributed by atoms with Gasteiger partial charge < -0.3 is 10.6 Å². The molecule has 1 aromatic rings. The largest absolute Gasteiger partial charge is 0.335 e. The molecule has 1 saturated carbocycles. The molecule has 0 unspecified atom stereocenters. The summed E-state index contributed by atoms with van der Waals surface area (Å²) in [5, 5.41) is 14.2. The Morgan fingerprint density at radius 1 is 1.47 bits per heavy atom. The van der Waals surface area contributed by atoms with Crippen LogP contribution in [0.5, 0.6) is 0 Å². The Morgan fingerprint density at radius 2 is 2.27 bits per heavy atom. The first-order valence-corrected chi connectivity index (χ1v) is 4.85. The molecule has 1 aliphatic carbocycles.